The molecule has 0 aliphatic rings. The first-order valence-electron chi connectivity index (χ1n) is 4.99. The maximum absolute atomic E-state index is 13.6. The zero-order chi connectivity index (χ0) is 12.3. The predicted molar refractivity (Wildman–Crippen MR) is 55.8 cm³/mol. The van der Waals surface area contributed by atoms with Gasteiger partial charge in [0.15, 0.2) is 11.5 Å². The lowest BCUT2D eigenvalue weighted by atomic mass is 10.3. The van der Waals surface area contributed by atoms with E-state index in [4.69, 9.17) is 4.74 Å². The van der Waals surface area contributed by atoms with Gasteiger partial charge in [0.25, 0.3) is 0 Å². The number of carbonyl (C=O) groups excluding carboxylic acids is 2. The largest absolute Gasteiger partial charge is 0.461 e. The fraction of sp³-hybridized carbons (Fsp3) is 0.455. The van der Waals surface area contributed by atoms with E-state index in [1.165, 1.54) is 24.6 Å². The first-order valence-corrected chi connectivity index (χ1v) is 4.99. The zero-order valence-electron chi connectivity index (χ0n) is 9.54. The number of aryl methyl sites for hydroxylation is 1. The Morgan fingerprint density at radius 3 is 2.62 bits per heavy atom. The van der Waals surface area contributed by atoms with E-state index >= 15 is 0 Å². The number of Topliss-reactive ketones (excluding diaryl/α,β-unsaturated/α-hetero) is 1. The van der Waals surface area contributed by atoms with E-state index in [2.05, 4.69) is 0 Å². The summed E-state index contributed by atoms with van der Waals surface area (Å²) in [5.74, 6) is -1.52. The van der Waals surface area contributed by atoms with Crippen molar-refractivity contribution in [2.75, 3.05) is 6.61 Å². The van der Waals surface area contributed by atoms with E-state index in [-0.39, 0.29) is 24.6 Å². The van der Waals surface area contributed by atoms with Gasteiger partial charge < -0.3 is 9.30 Å². The van der Waals surface area contributed by atoms with Gasteiger partial charge in [-0.3, -0.25) is 4.79 Å². The second kappa shape index (κ2) is 4.92. The molecule has 0 fully saturated rings. The standard InChI is InChI=1S/C11H14FNO3/c1-4-16-11(15)10-9(12)7(2)5-13(10)6-8(3)14/h5H,4,6H2,1-3H3. The maximum Gasteiger partial charge on any atom is 0.358 e. The van der Waals surface area contributed by atoms with E-state index in [1.54, 1.807) is 6.92 Å². The number of hydrogen-bond donors (Lipinski definition) is 0. The SMILES string of the molecule is CCOC(=O)c1c(F)c(C)cn1CC(C)=O. The van der Waals surface area contributed by atoms with Crippen LogP contribution in [-0.2, 0) is 16.1 Å². The third kappa shape index (κ3) is 2.48. The number of halogens is 1. The highest BCUT2D eigenvalue weighted by Crippen LogP contribution is 2.16. The summed E-state index contributed by atoms with van der Waals surface area (Å²) in [5, 5.41) is 0. The van der Waals surface area contributed by atoms with E-state index < -0.39 is 11.8 Å². The molecule has 1 aromatic heterocycles. The Balaban J connectivity index is 3.13. The van der Waals surface area contributed by atoms with Gasteiger partial charge in [-0.25, -0.2) is 9.18 Å². The lowest BCUT2D eigenvalue weighted by Crippen LogP contribution is -2.16. The monoisotopic (exact) mass is 227 g/mol. The van der Waals surface area contributed by atoms with Crippen LogP contribution in [0.3, 0.4) is 0 Å². The van der Waals surface area contributed by atoms with Gasteiger partial charge >= 0.3 is 5.97 Å². The number of carbonyl (C=O) groups is 2. The number of ketones is 1. The van der Waals surface area contributed by atoms with Crippen molar-refractivity contribution in [2.24, 2.45) is 0 Å². The van der Waals surface area contributed by atoms with Gasteiger partial charge in [0, 0.05) is 11.8 Å². The van der Waals surface area contributed by atoms with Crippen LogP contribution in [0, 0.1) is 12.7 Å². The first-order chi connectivity index (χ1) is 7.47. The molecular weight excluding hydrogens is 213 g/mol. The molecular formula is C11H14FNO3. The van der Waals surface area contributed by atoms with Crippen molar-refractivity contribution in [1.29, 1.82) is 0 Å². The van der Waals surface area contributed by atoms with Crippen molar-refractivity contribution >= 4 is 11.8 Å². The van der Waals surface area contributed by atoms with Gasteiger partial charge in [-0.05, 0) is 20.8 Å². The van der Waals surface area contributed by atoms with Gasteiger partial charge in [0.1, 0.15) is 5.78 Å². The van der Waals surface area contributed by atoms with Crippen LogP contribution >= 0.6 is 0 Å². The normalized spacial score (nSPS) is 10.2. The van der Waals surface area contributed by atoms with Gasteiger partial charge in [0.05, 0.1) is 13.2 Å². The van der Waals surface area contributed by atoms with E-state index in [9.17, 15) is 14.0 Å². The van der Waals surface area contributed by atoms with Gasteiger partial charge in [-0.2, -0.15) is 0 Å². The molecule has 4 nitrogen and oxygen atoms in total. The third-order valence-electron chi connectivity index (χ3n) is 2.05. The highest BCUT2D eigenvalue weighted by Gasteiger charge is 2.21. The van der Waals surface area contributed by atoms with Crippen LogP contribution in [-0.4, -0.2) is 22.9 Å². The summed E-state index contributed by atoms with van der Waals surface area (Å²) >= 11 is 0. The average molecular weight is 227 g/mol. The Hall–Kier alpha value is -1.65. The van der Waals surface area contributed by atoms with Gasteiger partial charge in [-0.15, -0.1) is 0 Å². The van der Waals surface area contributed by atoms with E-state index in [0.717, 1.165) is 0 Å². The van der Waals surface area contributed by atoms with Crippen molar-refractivity contribution in [3.8, 4) is 0 Å². The first kappa shape index (κ1) is 12.4. The molecule has 1 heterocycles. The molecule has 0 spiro atoms. The Bertz CT molecular complexity index is 423. The van der Waals surface area contributed by atoms with Crippen LogP contribution in [0.1, 0.15) is 29.9 Å². The topological polar surface area (TPSA) is 48.3 Å². The van der Waals surface area contributed by atoms with Crippen LogP contribution in [0.15, 0.2) is 6.20 Å². The molecule has 1 rings (SSSR count). The van der Waals surface area contributed by atoms with Crippen LogP contribution in [0.5, 0.6) is 0 Å². The fourth-order valence-electron chi connectivity index (χ4n) is 1.44. The van der Waals surface area contributed by atoms with Crippen molar-refractivity contribution < 1.29 is 18.7 Å². The lowest BCUT2D eigenvalue weighted by Gasteiger charge is -2.06. The molecule has 0 aromatic carbocycles. The van der Waals surface area contributed by atoms with Crippen molar-refractivity contribution in [3.05, 3.63) is 23.3 Å². The summed E-state index contributed by atoms with van der Waals surface area (Å²) in [7, 11) is 0. The summed E-state index contributed by atoms with van der Waals surface area (Å²) < 4.78 is 19.6. The Labute approximate surface area is 93.0 Å². The number of nitrogens with zero attached hydrogens (tertiary/aromatic N) is 1. The van der Waals surface area contributed by atoms with Crippen LogP contribution in [0.2, 0.25) is 0 Å². The molecule has 0 amide bonds. The third-order valence-corrected chi connectivity index (χ3v) is 2.05. The molecule has 0 saturated heterocycles. The number of aromatic nitrogens is 1. The summed E-state index contributed by atoms with van der Waals surface area (Å²) in [4.78, 5) is 22.5. The Morgan fingerprint density at radius 2 is 2.12 bits per heavy atom. The quantitative estimate of drug-likeness (QED) is 0.735. The molecule has 0 aliphatic carbocycles. The minimum absolute atomic E-state index is 0.0289. The maximum atomic E-state index is 13.6. The average Bonchev–Trinajstić information content (AvgIpc) is 2.41. The highest BCUT2D eigenvalue weighted by molar-refractivity contribution is 5.89. The van der Waals surface area contributed by atoms with Crippen molar-refractivity contribution in [3.63, 3.8) is 0 Å². The van der Waals surface area contributed by atoms with Crippen LogP contribution < -0.4 is 0 Å². The number of rotatable bonds is 4. The second-order valence-corrected chi connectivity index (χ2v) is 3.53. The second-order valence-electron chi connectivity index (χ2n) is 3.53. The summed E-state index contributed by atoms with van der Waals surface area (Å²) in [6, 6.07) is 0. The minimum atomic E-state index is -0.741. The summed E-state index contributed by atoms with van der Waals surface area (Å²) in [5.41, 5.74) is 0.138. The highest BCUT2D eigenvalue weighted by atomic mass is 19.1. The molecule has 0 radical (unpaired) electrons. The smallest absolute Gasteiger partial charge is 0.358 e. The zero-order valence-corrected chi connectivity index (χ0v) is 9.54. The lowest BCUT2D eigenvalue weighted by molar-refractivity contribution is -0.117. The molecule has 5 heteroatoms. The molecule has 88 valence electrons. The molecule has 0 bridgehead atoms. The molecule has 0 unspecified atom stereocenters. The number of ether oxygens (including phenoxy) is 1. The summed E-state index contributed by atoms with van der Waals surface area (Å²) in [6.45, 7) is 4.69. The van der Waals surface area contributed by atoms with Gasteiger partial charge in [-0.1, -0.05) is 0 Å². The van der Waals surface area contributed by atoms with E-state index in [1.807, 2.05) is 0 Å². The molecule has 16 heavy (non-hydrogen) atoms. The predicted octanol–water partition coefficient (Wildman–Crippen LogP) is 1.70. The molecule has 0 aliphatic heterocycles. The minimum Gasteiger partial charge on any atom is -0.461 e. The molecule has 0 saturated carbocycles. The Morgan fingerprint density at radius 1 is 1.50 bits per heavy atom. The van der Waals surface area contributed by atoms with E-state index in [0.29, 0.717) is 5.56 Å². The fourth-order valence-corrected chi connectivity index (χ4v) is 1.44. The molecule has 0 N–H and O–H groups in total. The van der Waals surface area contributed by atoms with Crippen molar-refractivity contribution in [2.45, 2.75) is 27.3 Å². The molecule has 0 atom stereocenters. The van der Waals surface area contributed by atoms with Crippen LogP contribution in [0.4, 0.5) is 4.39 Å². The Kier molecular flexibility index (Phi) is 3.82. The van der Waals surface area contributed by atoms with Crippen LogP contribution in [0.25, 0.3) is 0 Å². The number of esters is 1. The molecule has 1 aromatic rings. The summed E-state index contributed by atoms with van der Waals surface area (Å²) in [6.07, 6.45) is 1.43. The number of hydrogen-bond acceptors (Lipinski definition) is 3. The van der Waals surface area contributed by atoms with Crippen molar-refractivity contribution in [1.82, 2.24) is 4.57 Å². The van der Waals surface area contributed by atoms with Gasteiger partial charge in [0.2, 0.25) is 0 Å².